The number of pyridine rings is 1. The Morgan fingerprint density at radius 1 is 1.15 bits per heavy atom. The summed E-state index contributed by atoms with van der Waals surface area (Å²) in [7, 11) is 0. The van der Waals surface area contributed by atoms with E-state index in [1.165, 1.54) is 29.0 Å². The molecule has 0 amide bonds. The van der Waals surface area contributed by atoms with Crippen molar-refractivity contribution >= 4 is 22.3 Å². The van der Waals surface area contributed by atoms with Crippen LogP contribution < -0.4 is 10.6 Å². The van der Waals surface area contributed by atoms with E-state index < -0.39 is 0 Å². The predicted octanol–water partition coefficient (Wildman–Crippen LogP) is 3.87. The SMILES string of the molecule is Fc1ccc(-c2cnc(Nc3ccc(C[C@@H]4CNCCOC4)cn3)s2)cc1. The Morgan fingerprint density at radius 3 is 2.85 bits per heavy atom. The van der Waals surface area contributed by atoms with Crippen molar-refractivity contribution in [3.63, 3.8) is 0 Å². The number of nitrogens with one attached hydrogen (secondary N) is 2. The summed E-state index contributed by atoms with van der Waals surface area (Å²) in [6.07, 6.45) is 4.64. The first-order valence-corrected chi connectivity index (χ1v) is 9.80. The summed E-state index contributed by atoms with van der Waals surface area (Å²) < 4.78 is 18.7. The van der Waals surface area contributed by atoms with Gasteiger partial charge in [0, 0.05) is 25.5 Å². The molecule has 0 unspecified atom stereocenters. The number of anilines is 2. The van der Waals surface area contributed by atoms with Gasteiger partial charge in [-0.05, 0) is 41.7 Å². The molecule has 2 N–H and O–H groups in total. The number of nitrogens with zero attached hydrogens (tertiary/aromatic N) is 2. The van der Waals surface area contributed by atoms with Gasteiger partial charge in [0.15, 0.2) is 5.13 Å². The van der Waals surface area contributed by atoms with Crippen LogP contribution in [0.5, 0.6) is 0 Å². The summed E-state index contributed by atoms with van der Waals surface area (Å²) in [6, 6.07) is 10.5. The van der Waals surface area contributed by atoms with Gasteiger partial charge in [0.25, 0.3) is 0 Å². The molecule has 1 aliphatic rings. The Bertz CT molecular complexity index is 858. The van der Waals surface area contributed by atoms with Gasteiger partial charge in [-0.3, -0.25) is 0 Å². The number of ether oxygens (including phenoxy) is 1. The van der Waals surface area contributed by atoms with Crippen LogP contribution in [0.15, 0.2) is 48.8 Å². The van der Waals surface area contributed by atoms with Gasteiger partial charge in [0.2, 0.25) is 0 Å². The Morgan fingerprint density at radius 2 is 2.04 bits per heavy atom. The van der Waals surface area contributed by atoms with Crippen molar-refractivity contribution in [1.29, 1.82) is 0 Å². The summed E-state index contributed by atoms with van der Waals surface area (Å²) in [5.41, 5.74) is 2.15. The molecule has 1 saturated heterocycles. The fourth-order valence-electron chi connectivity index (χ4n) is 3.03. The monoisotopic (exact) mass is 384 g/mol. The van der Waals surface area contributed by atoms with Gasteiger partial charge in [-0.25, -0.2) is 14.4 Å². The third kappa shape index (κ3) is 4.88. The zero-order valence-electron chi connectivity index (χ0n) is 14.8. The van der Waals surface area contributed by atoms with Crippen LogP contribution in [0.4, 0.5) is 15.3 Å². The molecular formula is C20H21FN4OS. The van der Waals surface area contributed by atoms with Crippen molar-refractivity contribution in [3.05, 3.63) is 60.2 Å². The molecule has 0 saturated carbocycles. The smallest absolute Gasteiger partial charge is 0.188 e. The van der Waals surface area contributed by atoms with Crippen LogP contribution in [-0.4, -0.2) is 36.3 Å². The van der Waals surface area contributed by atoms with Crippen LogP contribution in [0.2, 0.25) is 0 Å². The standard InChI is InChI=1S/C20H21FN4OS/c21-17-4-2-16(3-5-17)18-12-24-20(27-18)25-19-6-1-14(11-23-19)9-15-10-22-7-8-26-13-15/h1-6,11-12,15,22H,7-10,13H2,(H,23,24,25)/t15-/m1/s1. The van der Waals surface area contributed by atoms with Gasteiger partial charge in [0.1, 0.15) is 11.6 Å². The largest absolute Gasteiger partial charge is 0.380 e. The number of hydrogen-bond acceptors (Lipinski definition) is 6. The Kier molecular flexibility index (Phi) is 5.72. The highest BCUT2D eigenvalue weighted by molar-refractivity contribution is 7.18. The normalized spacial score (nSPS) is 17.4. The van der Waals surface area contributed by atoms with Crippen LogP contribution in [-0.2, 0) is 11.2 Å². The average molecular weight is 384 g/mol. The number of thiazole rings is 1. The van der Waals surface area contributed by atoms with E-state index in [0.717, 1.165) is 54.1 Å². The molecule has 1 aromatic carbocycles. The van der Waals surface area contributed by atoms with E-state index in [9.17, 15) is 4.39 Å². The molecule has 7 heteroatoms. The minimum Gasteiger partial charge on any atom is -0.380 e. The van der Waals surface area contributed by atoms with E-state index in [1.54, 1.807) is 18.3 Å². The fourth-order valence-corrected chi connectivity index (χ4v) is 3.86. The lowest BCUT2D eigenvalue weighted by Gasteiger charge is -2.13. The van der Waals surface area contributed by atoms with Gasteiger partial charge in [-0.2, -0.15) is 0 Å². The quantitative estimate of drug-likeness (QED) is 0.699. The summed E-state index contributed by atoms with van der Waals surface area (Å²) in [5, 5.41) is 7.39. The van der Waals surface area contributed by atoms with Crippen molar-refractivity contribution in [2.24, 2.45) is 5.92 Å². The molecule has 0 radical (unpaired) electrons. The van der Waals surface area contributed by atoms with E-state index in [2.05, 4.69) is 26.7 Å². The van der Waals surface area contributed by atoms with Crippen molar-refractivity contribution in [1.82, 2.24) is 15.3 Å². The third-order valence-corrected chi connectivity index (χ3v) is 5.39. The maximum absolute atomic E-state index is 13.1. The Labute approximate surface area is 161 Å². The molecule has 4 rings (SSSR count). The van der Waals surface area contributed by atoms with Gasteiger partial charge < -0.3 is 15.4 Å². The molecule has 3 heterocycles. The lowest BCUT2D eigenvalue weighted by molar-refractivity contribution is 0.123. The van der Waals surface area contributed by atoms with Gasteiger partial charge in [-0.1, -0.05) is 29.5 Å². The van der Waals surface area contributed by atoms with E-state index >= 15 is 0 Å². The molecule has 1 atom stereocenters. The van der Waals surface area contributed by atoms with E-state index in [-0.39, 0.29) is 5.82 Å². The maximum Gasteiger partial charge on any atom is 0.188 e. The number of rotatable bonds is 5. The predicted molar refractivity (Wildman–Crippen MR) is 106 cm³/mol. The zero-order valence-corrected chi connectivity index (χ0v) is 15.6. The van der Waals surface area contributed by atoms with E-state index in [1.807, 2.05) is 12.3 Å². The van der Waals surface area contributed by atoms with Gasteiger partial charge in [-0.15, -0.1) is 0 Å². The molecular weight excluding hydrogens is 363 g/mol. The van der Waals surface area contributed by atoms with Gasteiger partial charge in [0.05, 0.1) is 18.1 Å². The van der Waals surface area contributed by atoms with Crippen molar-refractivity contribution in [2.45, 2.75) is 6.42 Å². The summed E-state index contributed by atoms with van der Waals surface area (Å²) in [6.45, 7) is 3.47. The molecule has 5 nitrogen and oxygen atoms in total. The Balaban J connectivity index is 1.37. The summed E-state index contributed by atoms with van der Waals surface area (Å²) >= 11 is 1.51. The van der Waals surface area contributed by atoms with E-state index in [4.69, 9.17) is 4.74 Å². The van der Waals surface area contributed by atoms with Crippen LogP contribution in [0.1, 0.15) is 5.56 Å². The lowest BCUT2D eigenvalue weighted by atomic mass is 10.0. The number of benzene rings is 1. The first kappa shape index (κ1) is 18.0. The zero-order chi connectivity index (χ0) is 18.5. The first-order valence-electron chi connectivity index (χ1n) is 8.98. The van der Waals surface area contributed by atoms with Gasteiger partial charge >= 0.3 is 0 Å². The number of hydrogen-bond donors (Lipinski definition) is 2. The highest BCUT2D eigenvalue weighted by Gasteiger charge is 2.13. The second kappa shape index (κ2) is 8.56. The second-order valence-electron chi connectivity index (χ2n) is 6.56. The number of halogens is 1. The minimum atomic E-state index is -0.239. The lowest BCUT2D eigenvalue weighted by Crippen LogP contribution is -2.24. The van der Waals surface area contributed by atoms with Crippen molar-refractivity contribution in [3.8, 4) is 10.4 Å². The van der Waals surface area contributed by atoms with E-state index in [0.29, 0.717) is 5.92 Å². The van der Waals surface area contributed by atoms with Crippen LogP contribution in [0.25, 0.3) is 10.4 Å². The minimum absolute atomic E-state index is 0.239. The first-order chi connectivity index (χ1) is 13.3. The van der Waals surface area contributed by atoms with Crippen molar-refractivity contribution < 1.29 is 9.13 Å². The molecule has 1 fully saturated rings. The Hall–Kier alpha value is -2.35. The molecule has 0 bridgehead atoms. The summed E-state index contributed by atoms with van der Waals surface area (Å²) in [4.78, 5) is 9.87. The topological polar surface area (TPSA) is 59.1 Å². The summed E-state index contributed by atoms with van der Waals surface area (Å²) in [5.74, 6) is 0.997. The molecule has 2 aromatic heterocycles. The maximum atomic E-state index is 13.1. The highest BCUT2D eigenvalue weighted by Crippen LogP contribution is 2.30. The second-order valence-corrected chi connectivity index (χ2v) is 7.59. The van der Waals surface area contributed by atoms with Crippen LogP contribution in [0.3, 0.4) is 0 Å². The fraction of sp³-hybridized carbons (Fsp3) is 0.300. The molecule has 3 aromatic rings. The average Bonchev–Trinajstić information content (AvgIpc) is 2.99. The number of aromatic nitrogens is 2. The van der Waals surface area contributed by atoms with Crippen molar-refractivity contribution in [2.75, 3.05) is 31.6 Å². The highest BCUT2D eigenvalue weighted by atomic mass is 32.1. The third-order valence-electron chi connectivity index (χ3n) is 4.43. The molecule has 140 valence electrons. The van der Waals surface area contributed by atoms with Crippen LogP contribution in [0, 0.1) is 11.7 Å². The molecule has 0 spiro atoms. The molecule has 1 aliphatic heterocycles. The molecule has 0 aliphatic carbocycles. The van der Waals surface area contributed by atoms with Crippen LogP contribution >= 0.6 is 11.3 Å². The molecule has 27 heavy (non-hydrogen) atoms.